The van der Waals surface area contributed by atoms with Crippen molar-refractivity contribution in [1.82, 2.24) is 29.1 Å². The van der Waals surface area contributed by atoms with Gasteiger partial charge in [0.05, 0.1) is 18.1 Å². The lowest BCUT2D eigenvalue weighted by atomic mass is 10.2. The summed E-state index contributed by atoms with van der Waals surface area (Å²) in [5.41, 5.74) is 5.89. The molecule has 4 aromatic heterocycles. The third kappa shape index (κ3) is 3.80. The summed E-state index contributed by atoms with van der Waals surface area (Å²) in [6.45, 7) is 5.02. The molecule has 0 fully saturated rings. The molecular weight excluding hydrogens is 426 g/mol. The highest BCUT2D eigenvalue weighted by molar-refractivity contribution is 6.30. The normalized spacial score (nSPS) is 11.7. The molecule has 5 rings (SSSR count). The SMILES string of the molecule is Cc1c(C)n(Cc2cccnc2)c2ncn3nc(CON=Cc4ccc(Cl)cc4)nc3c12. The highest BCUT2D eigenvalue weighted by atomic mass is 35.5. The van der Waals surface area contributed by atoms with E-state index in [4.69, 9.17) is 16.4 Å². The number of oxime groups is 1. The summed E-state index contributed by atoms with van der Waals surface area (Å²) in [6, 6.07) is 11.3. The molecule has 0 unspecified atom stereocenters. The van der Waals surface area contributed by atoms with Crippen molar-refractivity contribution in [3.8, 4) is 0 Å². The Morgan fingerprint density at radius 3 is 2.75 bits per heavy atom. The van der Waals surface area contributed by atoms with Gasteiger partial charge in [-0.05, 0) is 48.7 Å². The number of aryl methyl sites for hydroxylation is 1. The first-order valence-corrected chi connectivity index (χ1v) is 10.5. The second-order valence-electron chi connectivity index (χ2n) is 7.46. The van der Waals surface area contributed by atoms with Crippen molar-refractivity contribution >= 4 is 34.5 Å². The molecule has 1 aromatic carbocycles. The van der Waals surface area contributed by atoms with Crippen LogP contribution in [0.5, 0.6) is 0 Å². The topological polar surface area (TPSA) is 82.5 Å². The van der Waals surface area contributed by atoms with E-state index in [1.165, 1.54) is 0 Å². The fraction of sp³-hybridized carbons (Fsp3) is 0.174. The zero-order chi connectivity index (χ0) is 22.1. The van der Waals surface area contributed by atoms with Gasteiger partial charge in [-0.1, -0.05) is 35.0 Å². The Balaban J connectivity index is 1.41. The molecule has 0 spiro atoms. The van der Waals surface area contributed by atoms with Gasteiger partial charge in [-0.25, -0.2) is 14.5 Å². The van der Waals surface area contributed by atoms with Gasteiger partial charge in [-0.2, -0.15) is 0 Å². The Hall–Kier alpha value is -3.78. The number of pyridine rings is 1. The number of rotatable bonds is 6. The van der Waals surface area contributed by atoms with Crippen molar-refractivity contribution in [3.05, 3.63) is 88.4 Å². The molecule has 0 atom stereocenters. The average Bonchev–Trinajstić information content (AvgIpc) is 3.33. The van der Waals surface area contributed by atoms with Crippen LogP contribution in [-0.4, -0.2) is 35.3 Å². The van der Waals surface area contributed by atoms with E-state index < -0.39 is 0 Å². The van der Waals surface area contributed by atoms with E-state index in [0.29, 0.717) is 17.4 Å². The van der Waals surface area contributed by atoms with Gasteiger partial charge in [-0.3, -0.25) is 4.98 Å². The maximum atomic E-state index is 5.89. The van der Waals surface area contributed by atoms with Crippen LogP contribution in [0.3, 0.4) is 0 Å². The van der Waals surface area contributed by atoms with Crippen LogP contribution in [0.4, 0.5) is 0 Å². The van der Waals surface area contributed by atoms with Crippen molar-refractivity contribution in [1.29, 1.82) is 0 Å². The van der Waals surface area contributed by atoms with Gasteiger partial charge in [-0.15, -0.1) is 5.10 Å². The van der Waals surface area contributed by atoms with Crippen LogP contribution < -0.4 is 0 Å². The van der Waals surface area contributed by atoms with E-state index in [2.05, 4.69) is 49.7 Å². The third-order valence-electron chi connectivity index (χ3n) is 5.39. The number of benzene rings is 1. The summed E-state index contributed by atoms with van der Waals surface area (Å²) < 4.78 is 3.87. The minimum Gasteiger partial charge on any atom is -0.387 e. The van der Waals surface area contributed by atoms with Crippen LogP contribution in [0.15, 0.2) is 60.3 Å². The molecule has 0 radical (unpaired) electrons. The molecule has 0 amide bonds. The van der Waals surface area contributed by atoms with Gasteiger partial charge in [0.15, 0.2) is 18.1 Å². The number of halogens is 1. The summed E-state index contributed by atoms with van der Waals surface area (Å²) in [5, 5.41) is 10.2. The Morgan fingerprint density at radius 2 is 1.97 bits per heavy atom. The van der Waals surface area contributed by atoms with E-state index >= 15 is 0 Å². The number of nitrogens with zero attached hydrogens (tertiary/aromatic N) is 7. The summed E-state index contributed by atoms with van der Waals surface area (Å²) in [6.07, 6.45) is 6.95. The van der Waals surface area contributed by atoms with Crippen LogP contribution in [0, 0.1) is 13.8 Å². The van der Waals surface area contributed by atoms with E-state index in [9.17, 15) is 0 Å². The molecule has 5 aromatic rings. The largest absolute Gasteiger partial charge is 0.387 e. The molecule has 0 aliphatic heterocycles. The van der Waals surface area contributed by atoms with Gasteiger partial charge >= 0.3 is 0 Å². The Labute approximate surface area is 189 Å². The predicted octanol–water partition coefficient (Wildman–Crippen LogP) is 4.34. The number of fused-ring (bicyclic) bond motifs is 3. The monoisotopic (exact) mass is 445 g/mol. The Morgan fingerprint density at radius 1 is 1.12 bits per heavy atom. The molecule has 0 saturated heterocycles. The van der Waals surface area contributed by atoms with Crippen LogP contribution in [0.1, 0.15) is 28.2 Å². The summed E-state index contributed by atoms with van der Waals surface area (Å²) >= 11 is 5.89. The lowest BCUT2D eigenvalue weighted by Gasteiger charge is -2.07. The second kappa shape index (κ2) is 8.39. The molecule has 32 heavy (non-hydrogen) atoms. The molecule has 160 valence electrons. The molecule has 4 heterocycles. The van der Waals surface area contributed by atoms with Gasteiger partial charge in [0, 0.05) is 23.1 Å². The average molecular weight is 446 g/mol. The fourth-order valence-corrected chi connectivity index (χ4v) is 3.77. The highest BCUT2D eigenvalue weighted by Crippen LogP contribution is 2.27. The van der Waals surface area contributed by atoms with Gasteiger partial charge < -0.3 is 9.40 Å². The first-order chi connectivity index (χ1) is 15.6. The van der Waals surface area contributed by atoms with E-state index in [1.807, 2.05) is 24.4 Å². The number of hydrogen-bond donors (Lipinski definition) is 0. The number of hydrogen-bond acceptors (Lipinski definition) is 6. The molecule has 9 heteroatoms. The van der Waals surface area contributed by atoms with Crippen molar-refractivity contribution in [2.24, 2.45) is 5.16 Å². The first-order valence-electron chi connectivity index (χ1n) is 10.1. The molecule has 0 bridgehead atoms. The van der Waals surface area contributed by atoms with E-state index in [0.717, 1.165) is 39.1 Å². The Kier molecular flexibility index (Phi) is 5.28. The second-order valence-corrected chi connectivity index (χ2v) is 7.89. The maximum absolute atomic E-state index is 5.89. The highest BCUT2D eigenvalue weighted by Gasteiger charge is 2.18. The summed E-state index contributed by atoms with van der Waals surface area (Å²) in [5.74, 6) is 0.532. The quantitative estimate of drug-likeness (QED) is 0.287. The Bertz CT molecular complexity index is 1420. The van der Waals surface area contributed by atoms with Crippen molar-refractivity contribution in [3.63, 3.8) is 0 Å². The van der Waals surface area contributed by atoms with Crippen molar-refractivity contribution in [2.45, 2.75) is 27.0 Å². The van der Waals surface area contributed by atoms with Crippen LogP contribution in [-0.2, 0) is 18.0 Å². The lowest BCUT2D eigenvalue weighted by Crippen LogP contribution is -2.03. The van der Waals surface area contributed by atoms with Crippen LogP contribution in [0.2, 0.25) is 5.02 Å². The zero-order valence-electron chi connectivity index (χ0n) is 17.6. The molecule has 0 N–H and O–H groups in total. The smallest absolute Gasteiger partial charge is 0.192 e. The first kappa shape index (κ1) is 20.1. The van der Waals surface area contributed by atoms with Gasteiger partial charge in [0.1, 0.15) is 12.0 Å². The van der Waals surface area contributed by atoms with Crippen LogP contribution >= 0.6 is 11.6 Å². The molecule has 8 nitrogen and oxygen atoms in total. The minimum absolute atomic E-state index is 0.154. The van der Waals surface area contributed by atoms with Crippen molar-refractivity contribution < 1.29 is 4.84 Å². The maximum Gasteiger partial charge on any atom is 0.192 e. The van der Waals surface area contributed by atoms with Crippen LogP contribution in [0.25, 0.3) is 16.7 Å². The minimum atomic E-state index is 0.154. The predicted molar refractivity (Wildman–Crippen MR) is 123 cm³/mol. The van der Waals surface area contributed by atoms with E-state index in [1.54, 1.807) is 35.4 Å². The molecule has 0 saturated carbocycles. The molecule has 0 aliphatic carbocycles. The standard InChI is InChI=1S/C23H20ClN7O/c1-15-16(2)30(12-18-4-3-9-25-10-18)22-21(15)23-28-20(29-31(23)14-26-22)13-32-27-11-17-5-7-19(24)8-6-17/h3-11,14H,12-13H2,1-2H3. The third-order valence-corrected chi connectivity index (χ3v) is 5.65. The summed E-state index contributed by atoms with van der Waals surface area (Å²) in [7, 11) is 0. The fourth-order valence-electron chi connectivity index (χ4n) is 3.65. The zero-order valence-corrected chi connectivity index (χ0v) is 18.4. The summed E-state index contributed by atoms with van der Waals surface area (Å²) in [4.78, 5) is 19.0. The number of aromatic nitrogens is 6. The lowest BCUT2D eigenvalue weighted by molar-refractivity contribution is 0.126. The molecule has 0 aliphatic rings. The van der Waals surface area contributed by atoms with Gasteiger partial charge in [0.25, 0.3) is 0 Å². The van der Waals surface area contributed by atoms with Gasteiger partial charge in [0.2, 0.25) is 0 Å². The molecular formula is C23H20ClN7O. The van der Waals surface area contributed by atoms with Crippen molar-refractivity contribution in [2.75, 3.05) is 0 Å². The van der Waals surface area contributed by atoms with E-state index in [-0.39, 0.29) is 6.61 Å².